The van der Waals surface area contributed by atoms with E-state index in [-0.39, 0.29) is 12.3 Å². The second kappa shape index (κ2) is 4.56. The lowest BCUT2D eigenvalue weighted by atomic mass is 10.5. The normalized spacial score (nSPS) is 11.9. The number of aryl methyl sites for hydroxylation is 1. The third kappa shape index (κ3) is 3.47. The van der Waals surface area contributed by atoms with Gasteiger partial charge in [-0.2, -0.15) is 0 Å². The Labute approximate surface area is 83.6 Å². The molecule has 80 valence electrons. The van der Waals surface area contributed by atoms with Gasteiger partial charge < -0.3 is 4.42 Å². The van der Waals surface area contributed by atoms with Gasteiger partial charge in [0.25, 0.3) is 0 Å². The van der Waals surface area contributed by atoms with E-state index >= 15 is 0 Å². The summed E-state index contributed by atoms with van der Waals surface area (Å²) >= 11 is 0. The Balaban J connectivity index is 2.48. The van der Waals surface area contributed by atoms with Crippen molar-refractivity contribution in [2.24, 2.45) is 0 Å². The molecule has 0 aliphatic carbocycles. The lowest BCUT2D eigenvalue weighted by Crippen LogP contribution is -2.25. The van der Waals surface area contributed by atoms with Crippen molar-refractivity contribution in [1.29, 1.82) is 0 Å². The van der Waals surface area contributed by atoms with Crippen molar-refractivity contribution in [2.75, 3.05) is 5.75 Å². The molecule has 0 radical (unpaired) electrons. The molecule has 0 bridgehead atoms. The number of sulfonamides is 1. The van der Waals surface area contributed by atoms with E-state index in [1.54, 1.807) is 6.92 Å². The Hall–Kier alpha value is -0.880. The highest BCUT2D eigenvalue weighted by Crippen LogP contribution is 2.00. The minimum absolute atomic E-state index is 0.143. The van der Waals surface area contributed by atoms with E-state index < -0.39 is 10.0 Å². The first kappa shape index (κ1) is 11.2. The Morgan fingerprint density at radius 1 is 1.57 bits per heavy atom. The van der Waals surface area contributed by atoms with Crippen LogP contribution in [-0.4, -0.2) is 19.2 Å². The SMILES string of the molecule is CCCS(=O)(=O)NCc1coc(C)n1. The molecule has 0 fully saturated rings. The van der Waals surface area contributed by atoms with E-state index in [1.165, 1.54) is 6.26 Å². The zero-order valence-corrected chi connectivity index (χ0v) is 9.10. The number of nitrogens with zero attached hydrogens (tertiary/aromatic N) is 1. The van der Waals surface area contributed by atoms with Gasteiger partial charge in [0.15, 0.2) is 5.89 Å². The van der Waals surface area contributed by atoms with Gasteiger partial charge in [0, 0.05) is 6.92 Å². The summed E-state index contributed by atoms with van der Waals surface area (Å²) in [5.41, 5.74) is 0.599. The number of aromatic nitrogens is 1. The molecule has 1 aromatic rings. The quantitative estimate of drug-likeness (QED) is 0.794. The van der Waals surface area contributed by atoms with Gasteiger partial charge >= 0.3 is 0 Å². The number of hydrogen-bond acceptors (Lipinski definition) is 4. The second-order valence-electron chi connectivity index (χ2n) is 3.00. The van der Waals surface area contributed by atoms with Crippen molar-refractivity contribution in [1.82, 2.24) is 9.71 Å². The summed E-state index contributed by atoms with van der Waals surface area (Å²) in [4.78, 5) is 3.98. The minimum Gasteiger partial charge on any atom is -0.449 e. The zero-order chi connectivity index (χ0) is 10.6. The van der Waals surface area contributed by atoms with Crippen molar-refractivity contribution in [3.05, 3.63) is 17.8 Å². The fourth-order valence-corrected chi connectivity index (χ4v) is 2.06. The van der Waals surface area contributed by atoms with Gasteiger partial charge in [-0.1, -0.05) is 6.92 Å². The average molecular weight is 218 g/mol. The van der Waals surface area contributed by atoms with E-state index in [4.69, 9.17) is 4.42 Å². The molecular formula is C8H14N2O3S. The third-order valence-electron chi connectivity index (χ3n) is 1.61. The van der Waals surface area contributed by atoms with Gasteiger partial charge in [0.1, 0.15) is 6.26 Å². The molecule has 1 N–H and O–H groups in total. The summed E-state index contributed by atoms with van der Waals surface area (Å²) in [7, 11) is -3.15. The first-order valence-electron chi connectivity index (χ1n) is 4.42. The summed E-state index contributed by atoms with van der Waals surface area (Å²) in [6.07, 6.45) is 2.05. The van der Waals surface area contributed by atoms with Crippen LogP contribution in [0.2, 0.25) is 0 Å². The molecule has 0 saturated heterocycles. The van der Waals surface area contributed by atoms with Crippen molar-refractivity contribution >= 4 is 10.0 Å². The molecule has 5 nitrogen and oxygen atoms in total. The monoisotopic (exact) mass is 218 g/mol. The maximum atomic E-state index is 11.2. The summed E-state index contributed by atoms with van der Waals surface area (Å²) in [5, 5.41) is 0. The minimum atomic E-state index is -3.15. The number of oxazole rings is 1. The largest absolute Gasteiger partial charge is 0.449 e. The van der Waals surface area contributed by atoms with E-state index in [0.717, 1.165) is 0 Å². The van der Waals surface area contributed by atoms with Crippen molar-refractivity contribution in [2.45, 2.75) is 26.8 Å². The lowest BCUT2D eigenvalue weighted by molar-refractivity contribution is 0.520. The molecule has 0 aliphatic rings. The van der Waals surface area contributed by atoms with Crippen LogP contribution >= 0.6 is 0 Å². The van der Waals surface area contributed by atoms with Crippen LogP contribution in [-0.2, 0) is 16.6 Å². The van der Waals surface area contributed by atoms with Gasteiger partial charge in [-0.15, -0.1) is 0 Å². The third-order valence-corrected chi connectivity index (χ3v) is 3.14. The Morgan fingerprint density at radius 3 is 2.79 bits per heavy atom. The molecule has 0 aliphatic heterocycles. The Kier molecular flexibility index (Phi) is 3.65. The van der Waals surface area contributed by atoms with Gasteiger partial charge in [0.2, 0.25) is 10.0 Å². The van der Waals surface area contributed by atoms with E-state index in [2.05, 4.69) is 9.71 Å². The van der Waals surface area contributed by atoms with Crippen LogP contribution in [0.3, 0.4) is 0 Å². The molecule has 6 heteroatoms. The molecule has 0 unspecified atom stereocenters. The van der Waals surface area contributed by atoms with E-state index in [9.17, 15) is 8.42 Å². The summed E-state index contributed by atoms with van der Waals surface area (Å²) in [5.74, 6) is 0.679. The van der Waals surface area contributed by atoms with Crippen LogP contribution in [0, 0.1) is 6.92 Å². The summed E-state index contributed by atoms with van der Waals surface area (Å²) in [6.45, 7) is 3.73. The molecular weight excluding hydrogens is 204 g/mol. The first-order valence-corrected chi connectivity index (χ1v) is 6.07. The second-order valence-corrected chi connectivity index (χ2v) is 4.92. The maximum absolute atomic E-state index is 11.2. The van der Waals surface area contributed by atoms with Crippen LogP contribution in [0.15, 0.2) is 10.7 Å². The highest BCUT2D eigenvalue weighted by atomic mass is 32.2. The smallest absolute Gasteiger partial charge is 0.211 e. The van der Waals surface area contributed by atoms with Crippen LogP contribution in [0.5, 0.6) is 0 Å². The van der Waals surface area contributed by atoms with Gasteiger partial charge in [-0.3, -0.25) is 0 Å². The molecule has 0 saturated carbocycles. The lowest BCUT2D eigenvalue weighted by Gasteiger charge is -2.01. The summed E-state index contributed by atoms with van der Waals surface area (Å²) in [6, 6.07) is 0. The molecule has 1 rings (SSSR count). The molecule has 0 atom stereocenters. The maximum Gasteiger partial charge on any atom is 0.211 e. The Bertz CT molecular complexity index is 383. The van der Waals surface area contributed by atoms with Crippen LogP contribution in [0.1, 0.15) is 24.9 Å². The molecule has 14 heavy (non-hydrogen) atoms. The predicted octanol–water partition coefficient (Wildman–Crippen LogP) is 0.812. The van der Waals surface area contributed by atoms with Gasteiger partial charge in [-0.25, -0.2) is 18.1 Å². The van der Waals surface area contributed by atoms with Crippen molar-refractivity contribution < 1.29 is 12.8 Å². The van der Waals surface area contributed by atoms with Crippen LogP contribution in [0.4, 0.5) is 0 Å². The summed E-state index contributed by atoms with van der Waals surface area (Å²) < 4.78 is 29.9. The number of hydrogen-bond donors (Lipinski definition) is 1. The number of nitrogens with one attached hydrogen (secondary N) is 1. The van der Waals surface area contributed by atoms with E-state index in [1.807, 2.05) is 6.92 Å². The van der Waals surface area contributed by atoms with Gasteiger partial charge in [0.05, 0.1) is 18.0 Å². The van der Waals surface area contributed by atoms with Crippen LogP contribution in [0.25, 0.3) is 0 Å². The molecule has 0 aromatic carbocycles. The van der Waals surface area contributed by atoms with Crippen molar-refractivity contribution in [3.8, 4) is 0 Å². The van der Waals surface area contributed by atoms with Gasteiger partial charge in [-0.05, 0) is 6.42 Å². The standard InChI is InChI=1S/C8H14N2O3S/c1-3-4-14(11,12)9-5-8-6-13-7(2)10-8/h6,9H,3-5H2,1-2H3. The predicted molar refractivity (Wildman–Crippen MR) is 52.2 cm³/mol. The van der Waals surface area contributed by atoms with E-state index in [0.29, 0.717) is 18.0 Å². The fraction of sp³-hybridized carbons (Fsp3) is 0.625. The zero-order valence-electron chi connectivity index (χ0n) is 8.28. The molecule has 0 spiro atoms. The Morgan fingerprint density at radius 2 is 2.29 bits per heavy atom. The van der Waals surface area contributed by atoms with Crippen LogP contribution < -0.4 is 4.72 Å². The first-order chi connectivity index (χ1) is 6.53. The number of rotatable bonds is 5. The highest BCUT2D eigenvalue weighted by Gasteiger charge is 2.09. The molecule has 1 heterocycles. The van der Waals surface area contributed by atoms with Crippen molar-refractivity contribution in [3.63, 3.8) is 0 Å². The average Bonchev–Trinajstić information content (AvgIpc) is 2.48. The molecule has 1 aromatic heterocycles. The topological polar surface area (TPSA) is 72.2 Å². The fourth-order valence-electron chi connectivity index (χ4n) is 1.01. The highest BCUT2D eigenvalue weighted by molar-refractivity contribution is 7.89. The molecule has 0 amide bonds.